The van der Waals surface area contributed by atoms with Crippen molar-refractivity contribution in [3.63, 3.8) is 0 Å². The first kappa shape index (κ1) is 15.9. The van der Waals surface area contributed by atoms with Crippen molar-refractivity contribution in [2.24, 2.45) is 0 Å². The van der Waals surface area contributed by atoms with Gasteiger partial charge in [0.1, 0.15) is 0 Å². The maximum atomic E-state index is 3.48. The second-order valence-electron chi connectivity index (χ2n) is 5.40. The van der Waals surface area contributed by atoms with Gasteiger partial charge in [-0.05, 0) is 46.7 Å². The van der Waals surface area contributed by atoms with E-state index in [0.29, 0.717) is 12.1 Å². The Bertz CT molecular complexity index is 157. The minimum Gasteiger partial charge on any atom is -0.315 e. The fourth-order valence-corrected chi connectivity index (χ4v) is 2.05. The van der Waals surface area contributed by atoms with Crippen molar-refractivity contribution in [2.45, 2.75) is 78.4 Å². The van der Waals surface area contributed by atoms with Crippen LogP contribution in [0.5, 0.6) is 0 Å². The van der Waals surface area contributed by atoms with E-state index < -0.39 is 0 Å². The van der Waals surface area contributed by atoms with Gasteiger partial charge in [-0.15, -0.1) is 0 Å². The SMILES string of the molecule is CCCC(C)N(C)C(C)CCCNC(C)C. The van der Waals surface area contributed by atoms with Crippen LogP contribution in [0.15, 0.2) is 0 Å². The molecule has 98 valence electrons. The third-order valence-electron chi connectivity index (χ3n) is 3.45. The van der Waals surface area contributed by atoms with E-state index in [1.165, 1.54) is 25.7 Å². The largest absolute Gasteiger partial charge is 0.315 e. The van der Waals surface area contributed by atoms with Crippen LogP contribution in [-0.2, 0) is 0 Å². The third kappa shape index (κ3) is 7.24. The van der Waals surface area contributed by atoms with Gasteiger partial charge in [-0.3, -0.25) is 0 Å². The van der Waals surface area contributed by atoms with Gasteiger partial charge in [0.05, 0.1) is 0 Å². The molecule has 0 saturated heterocycles. The molecule has 0 aliphatic heterocycles. The van der Waals surface area contributed by atoms with Gasteiger partial charge >= 0.3 is 0 Å². The zero-order valence-corrected chi connectivity index (χ0v) is 12.2. The standard InChI is InChI=1S/C14H32N2/c1-7-9-13(4)16(6)14(5)10-8-11-15-12(2)3/h12-15H,7-11H2,1-6H3. The molecule has 16 heavy (non-hydrogen) atoms. The number of nitrogens with zero attached hydrogens (tertiary/aromatic N) is 1. The lowest BCUT2D eigenvalue weighted by molar-refractivity contribution is 0.176. The molecule has 0 radical (unpaired) electrons. The van der Waals surface area contributed by atoms with Crippen LogP contribution in [0, 0.1) is 0 Å². The highest BCUT2D eigenvalue weighted by atomic mass is 15.1. The quantitative estimate of drug-likeness (QED) is 0.609. The fraction of sp³-hybridized carbons (Fsp3) is 1.00. The van der Waals surface area contributed by atoms with E-state index in [1.54, 1.807) is 0 Å². The summed E-state index contributed by atoms with van der Waals surface area (Å²) in [4.78, 5) is 2.53. The van der Waals surface area contributed by atoms with Crippen molar-refractivity contribution in [3.8, 4) is 0 Å². The van der Waals surface area contributed by atoms with Crippen molar-refractivity contribution in [2.75, 3.05) is 13.6 Å². The molecule has 2 atom stereocenters. The number of nitrogens with one attached hydrogen (secondary N) is 1. The highest BCUT2D eigenvalue weighted by Gasteiger charge is 2.14. The van der Waals surface area contributed by atoms with Crippen molar-refractivity contribution in [3.05, 3.63) is 0 Å². The molecule has 2 heteroatoms. The molecule has 0 aromatic rings. The van der Waals surface area contributed by atoms with Crippen LogP contribution in [0.4, 0.5) is 0 Å². The highest BCUT2D eigenvalue weighted by molar-refractivity contribution is 4.70. The van der Waals surface area contributed by atoms with E-state index in [2.05, 4.69) is 51.9 Å². The van der Waals surface area contributed by atoms with Crippen molar-refractivity contribution >= 4 is 0 Å². The zero-order valence-electron chi connectivity index (χ0n) is 12.2. The molecule has 0 aliphatic carbocycles. The fourth-order valence-electron chi connectivity index (χ4n) is 2.05. The number of hydrogen-bond acceptors (Lipinski definition) is 2. The molecule has 0 aliphatic rings. The monoisotopic (exact) mass is 228 g/mol. The highest BCUT2D eigenvalue weighted by Crippen LogP contribution is 2.11. The molecule has 0 spiro atoms. The summed E-state index contributed by atoms with van der Waals surface area (Å²) in [6, 6.07) is 2.04. The Morgan fingerprint density at radius 1 is 1.00 bits per heavy atom. The third-order valence-corrected chi connectivity index (χ3v) is 3.45. The van der Waals surface area contributed by atoms with E-state index >= 15 is 0 Å². The summed E-state index contributed by atoms with van der Waals surface area (Å²) >= 11 is 0. The van der Waals surface area contributed by atoms with E-state index in [9.17, 15) is 0 Å². The van der Waals surface area contributed by atoms with E-state index in [4.69, 9.17) is 0 Å². The second kappa shape index (κ2) is 9.00. The molecule has 0 fully saturated rings. The molecule has 0 rings (SSSR count). The summed E-state index contributed by atoms with van der Waals surface area (Å²) in [5.74, 6) is 0. The second-order valence-corrected chi connectivity index (χ2v) is 5.40. The van der Waals surface area contributed by atoms with Crippen LogP contribution < -0.4 is 5.32 Å². The smallest absolute Gasteiger partial charge is 0.00671 e. The Morgan fingerprint density at radius 2 is 1.56 bits per heavy atom. The molecule has 0 saturated carbocycles. The van der Waals surface area contributed by atoms with Gasteiger partial charge in [-0.25, -0.2) is 0 Å². The van der Waals surface area contributed by atoms with Gasteiger partial charge in [0, 0.05) is 18.1 Å². The van der Waals surface area contributed by atoms with E-state index in [1.807, 2.05) is 0 Å². The van der Waals surface area contributed by atoms with Crippen molar-refractivity contribution < 1.29 is 0 Å². The number of hydrogen-bond donors (Lipinski definition) is 1. The minimum absolute atomic E-state index is 0.618. The van der Waals surface area contributed by atoms with Crippen LogP contribution in [0.2, 0.25) is 0 Å². The van der Waals surface area contributed by atoms with Gasteiger partial charge < -0.3 is 10.2 Å². The van der Waals surface area contributed by atoms with E-state index in [0.717, 1.165) is 12.6 Å². The lowest BCUT2D eigenvalue weighted by Gasteiger charge is -2.30. The van der Waals surface area contributed by atoms with Gasteiger partial charge in [-0.2, -0.15) is 0 Å². The van der Waals surface area contributed by atoms with Crippen LogP contribution in [-0.4, -0.2) is 36.6 Å². The molecule has 2 unspecified atom stereocenters. The minimum atomic E-state index is 0.618. The van der Waals surface area contributed by atoms with Crippen molar-refractivity contribution in [1.82, 2.24) is 10.2 Å². The molecule has 0 bridgehead atoms. The number of rotatable bonds is 9. The van der Waals surface area contributed by atoms with Crippen LogP contribution in [0.25, 0.3) is 0 Å². The Labute approximate surface area is 103 Å². The Hall–Kier alpha value is -0.0800. The summed E-state index contributed by atoms with van der Waals surface area (Å²) in [5, 5.41) is 3.48. The van der Waals surface area contributed by atoms with Crippen LogP contribution in [0.1, 0.15) is 60.3 Å². The summed E-state index contributed by atoms with van der Waals surface area (Å²) < 4.78 is 0. The van der Waals surface area contributed by atoms with Gasteiger partial charge in [0.25, 0.3) is 0 Å². The Morgan fingerprint density at radius 3 is 2.06 bits per heavy atom. The lowest BCUT2D eigenvalue weighted by Crippen LogP contribution is -2.37. The lowest BCUT2D eigenvalue weighted by atomic mass is 10.1. The maximum absolute atomic E-state index is 3.48. The van der Waals surface area contributed by atoms with E-state index in [-0.39, 0.29) is 0 Å². The topological polar surface area (TPSA) is 15.3 Å². The predicted octanol–water partition coefficient (Wildman–Crippen LogP) is 3.27. The van der Waals surface area contributed by atoms with Gasteiger partial charge in [0.2, 0.25) is 0 Å². The zero-order chi connectivity index (χ0) is 12.6. The molecule has 1 N–H and O–H groups in total. The molecule has 0 aromatic carbocycles. The Kier molecular flexibility index (Phi) is 8.96. The van der Waals surface area contributed by atoms with Gasteiger partial charge in [-0.1, -0.05) is 27.2 Å². The van der Waals surface area contributed by atoms with Crippen LogP contribution >= 0.6 is 0 Å². The molecule has 2 nitrogen and oxygen atoms in total. The summed E-state index contributed by atoms with van der Waals surface area (Å²) in [7, 11) is 2.26. The molecular weight excluding hydrogens is 196 g/mol. The first-order valence-electron chi connectivity index (χ1n) is 6.94. The average Bonchev–Trinajstić information content (AvgIpc) is 2.23. The van der Waals surface area contributed by atoms with Crippen molar-refractivity contribution in [1.29, 1.82) is 0 Å². The molecule has 0 heterocycles. The average molecular weight is 228 g/mol. The van der Waals surface area contributed by atoms with Gasteiger partial charge in [0.15, 0.2) is 0 Å². The molecule has 0 amide bonds. The maximum Gasteiger partial charge on any atom is 0.00671 e. The predicted molar refractivity (Wildman–Crippen MR) is 74.0 cm³/mol. The molecule has 0 aromatic heterocycles. The first-order valence-corrected chi connectivity index (χ1v) is 6.94. The summed E-state index contributed by atoms with van der Waals surface area (Å²) in [6.07, 6.45) is 5.17. The summed E-state index contributed by atoms with van der Waals surface area (Å²) in [5.41, 5.74) is 0. The van der Waals surface area contributed by atoms with Crippen LogP contribution in [0.3, 0.4) is 0 Å². The molecular formula is C14H32N2. The Balaban J connectivity index is 3.66. The first-order chi connectivity index (χ1) is 7.49. The normalized spacial score (nSPS) is 15.8. The summed E-state index contributed by atoms with van der Waals surface area (Å²) in [6.45, 7) is 12.5.